The summed E-state index contributed by atoms with van der Waals surface area (Å²) in [6, 6.07) is 0. The number of sulfonamides is 1. The third-order valence-electron chi connectivity index (χ3n) is 2.42. The molecule has 106 valence electrons. The summed E-state index contributed by atoms with van der Waals surface area (Å²) in [6.45, 7) is 6.86. The van der Waals surface area contributed by atoms with E-state index in [4.69, 9.17) is 4.74 Å². The first-order valence-corrected chi connectivity index (χ1v) is 8.81. The van der Waals surface area contributed by atoms with E-state index in [9.17, 15) is 13.2 Å². The van der Waals surface area contributed by atoms with E-state index in [1.54, 1.807) is 4.90 Å². The van der Waals surface area contributed by atoms with Crippen LogP contribution in [0, 0.1) is 0 Å². The lowest BCUT2D eigenvalue weighted by Crippen LogP contribution is -2.51. The van der Waals surface area contributed by atoms with Crippen LogP contribution in [0.4, 0.5) is 4.79 Å². The van der Waals surface area contributed by atoms with Crippen molar-refractivity contribution in [2.75, 3.05) is 29.9 Å². The average molecular weight is 390 g/mol. The maximum Gasteiger partial charge on any atom is 0.410 e. The fraction of sp³-hybridized carbons (Fsp3) is 0.900. The van der Waals surface area contributed by atoms with Crippen LogP contribution in [-0.4, -0.2) is 59.3 Å². The minimum absolute atomic E-state index is 0.0667. The van der Waals surface area contributed by atoms with Crippen LogP contribution >= 0.6 is 22.6 Å². The van der Waals surface area contributed by atoms with Crippen LogP contribution < -0.4 is 0 Å². The Morgan fingerprint density at radius 3 is 2.11 bits per heavy atom. The minimum atomic E-state index is -3.16. The van der Waals surface area contributed by atoms with Gasteiger partial charge in [0.1, 0.15) is 9.36 Å². The Morgan fingerprint density at radius 2 is 1.72 bits per heavy atom. The molecule has 0 unspecified atom stereocenters. The van der Waals surface area contributed by atoms with Crippen molar-refractivity contribution in [1.82, 2.24) is 9.21 Å². The van der Waals surface area contributed by atoms with Gasteiger partial charge in [0, 0.05) is 26.2 Å². The van der Waals surface area contributed by atoms with Crippen LogP contribution in [0.1, 0.15) is 20.8 Å². The molecule has 6 nitrogen and oxygen atoms in total. The highest BCUT2D eigenvalue weighted by atomic mass is 127. The van der Waals surface area contributed by atoms with Crippen molar-refractivity contribution in [3.63, 3.8) is 0 Å². The lowest BCUT2D eigenvalue weighted by atomic mass is 10.2. The maximum absolute atomic E-state index is 11.8. The highest BCUT2D eigenvalue weighted by Gasteiger charge is 2.30. The van der Waals surface area contributed by atoms with Gasteiger partial charge in [-0.25, -0.2) is 13.2 Å². The van der Waals surface area contributed by atoms with Crippen molar-refractivity contribution in [2.24, 2.45) is 0 Å². The minimum Gasteiger partial charge on any atom is -0.444 e. The number of alkyl halides is 1. The average Bonchev–Trinajstić information content (AvgIpc) is 2.27. The molecule has 0 aromatic carbocycles. The first-order valence-electron chi connectivity index (χ1n) is 5.67. The molecule has 0 aromatic heterocycles. The molecule has 18 heavy (non-hydrogen) atoms. The second-order valence-electron chi connectivity index (χ2n) is 5.09. The predicted octanol–water partition coefficient (Wildman–Crippen LogP) is 1.26. The fourth-order valence-corrected chi connectivity index (χ4v) is 3.58. The molecular formula is C10H19IN2O4S. The van der Waals surface area contributed by atoms with Crippen molar-refractivity contribution < 1.29 is 17.9 Å². The van der Waals surface area contributed by atoms with Crippen molar-refractivity contribution in [1.29, 1.82) is 0 Å². The second kappa shape index (κ2) is 5.91. The Balaban J connectivity index is 2.52. The lowest BCUT2D eigenvalue weighted by Gasteiger charge is -2.34. The number of rotatable bonds is 2. The van der Waals surface area contributed by atoms with Crippen molar-refractivity contribution in [3.05, 3.63) is 0 Å². The zero-order chi connectivity index (χ0) is 14.0. The zero-order valence-corrected chi connectivity index (χ0v) is 13.8. The van der Waals surface area contributed by atoms with Crippen molar-refractivity contribution in [2.45, 2.75) is 26.4 Å². The van der Waals surface area contributed by atoms with Crippen LogP contribution in [0.25, 0.3) is 0 Å². The van der Waals surface area contributed by atoms with Gasteiger partial charge in [-0.2, -0.15) is 4.31 Å². The summed E-state index contributed by atoms with van der Waals surface area (Å²) in [6.07, 6.45) is -0.381. The first-order chi connectivity index (χ1) is 8.15. The molecule has 1 saturated heterocycles. The van der Waals surface area contributed by atoms with Gasteiger partial charge in [-0.05, 0) is 20.8 Å². The van der Waals surface area contributed by atoms with E-state index in [0.29, 0.717) is 26.2 Å². The van der Waals surface area contributed by atoms with Gasteiger partial charge >= 0.3 is 6.09 Å². The number of amides is 1. The molecule has 0 N–H and O–H groups in total. The number of ether oxygens (including phenoxy) is 1. The molecule has 0 radical (unpaired) electrons. The Morgan fingerprint density at radius 1 is 1.22 bits per heavy atom. The summed E-state index contributed by atoms with van der Waals surface area (Å²) in [4.78, 5) is 13.3. The van der Waals surface area contributed by atoms with Gasteiger partial charge in [0.05, 0.1) is 0 Å². The van der Waals surface area contributed by atoms with Crippen molar-refractivity contribution >= 4 is 38.7 Å². The largest absolute Gasteiger partial charge is 0.444 e. The molecule has 8 heteroatoms. The van der Waals surface area contributed by atoms with Gasteiger partial charge in [0.25, 0.3) is 0 Å². The number of hydrogen-bond acceptors (Lipinski definition) is 4. The number of hydrogen-bond donors (Lipinski definition) is 0. The van der Waals surface area contributed by atoms with Crippen LogP contribution in [0.15, 0.2) is 0 Å². The van der Waals surface area contributed by atoms with Crippen LogP contribution in [-0.2, 0) is 14.8 Å². The summed E-state index contributed by atoms with van der Waals surface area (Å²) < 4.78 is 30.0. The third kappa shape index (κ3) is 4.54. The molecule has 1 amide bonds. The monoisotopic (exact) mass is 390 g/mol. The molecular weight excluding hydrogens is 371 g/mol. The molecule has 1 heterocycles. The highest BCUT2D eigenvalue weighted by Crippen LogP contribution is 2.14. The predicted molar refractivity (Wildman–Crippen MR) is 77.2 cm³/mol. The first kappa shape index (κ1) is 16.0. The van der Waals surface area contributed by atoms with E-state index >= 15 is 0 Å². The van der Waals surface area contributed by atoms with E-state index in [1.165, 1.54) is 4.31 Å². The van der Waals surface area contributed by atoms with Gasteiger partial charge in [-0.3, -0.25) is 0 Å². The quantitative estimate of drug-likeness (QED) is 0.526. The van der Waals surface area contributed by atoms with E-state index in [0.717, 1.165) is 0 Å². The second-order valence-corrected chi connectivity index (χ2v) is 8.85. The van der Waals surface area contributed by atoms with Crippen molar-refractivity contribution in [3.8, 4) is 0 Å². The van der Waals surface area contributed by atoms with Crippen LogP contribution in [0.2, 0.25) is 0 Å². The normalized spacial score (nSPS) is 18.8. The lowest BCUT2D eigenvalue weighted by molar-refractivity contribution is 0.0193. The summed E-state index contributed by atoms with van der Waals surface area (Å²) in [5.74, 6) is 0. The zero-order valence-electron chi connectivity index (χ0n) is 10.8. The maximum atomic E-state index is 11.8. The Kier molecular flexibility index (Phi) is 5.24. The topological polar surface area (TPSA) is 66.9 Å². The van der Waals surface area contributed by atoms with Gasteiger partial charge < -0.3 is 9.64 Å². The Bertz CT molecular complexity index is 397. The smallest absolute Gasteiger partial charge is 0.410 e. The Hall–Kier alpha value is -0.0900. The number of nitrogens with zero attached hydrogens (tertiary/aromatic N) is 2. The molecule has 1 fully saturated rings. The molecule has 1 aliphatic rings. The van der Waals surface area contributed by atoms with Gasteiger partial charge in [-0.1, -0.05) is 22.6 Å². The molecule has 0 spiro atoms. The van der Waals surface area contributed by atoms with Gasteiger partial charge in [0.15, 0.2) is 0 Å². The number of halogens is 1. The summed E-state index contributed by atoms with van der Waals surface area (Å²) in [7, 11) is -3.16. The van der Waals surface area contributed by atoms with Crippen LogP contribution in [0.3, 0.4) is 0 Å². The van der Waals surface area contributed by atoms with E-state index in [2.05, 4.69) is 0 Å². The summed E-state index contributed by atoms with van der Waals surface area (Å²) in [5, 5.41) is 0. The number of carbonyl (C=O) groups excluding carboxylic acids is 1. The Labute approximate surface area is 122 Å². The summed E-state index contributed by atoms with van der Waals surface area (Å²) in [5.41, 5.74) is -0.525. The third-order valence-corrected chi connectivity index (χ3v) is 6.21. The number of piperazine rings is 1. The van der Waals surface area contributed by atoms with Gasteiger partial charge in [-0.15, -0.1) is 0 Å². The van der Waals surface area contributed by atoms with Crippen LogP contribution in [0.5, 0.6) is 0 Å². The molecule has 0 atom stereocenters. The molecule has 0 aliphatic carbocycles. The number of carbonyl (C=O) groups is 1. The molecule has 1 rings (SSSR count). The molecule has 0 saturated carbocycles. The van der Waals surface area contributed by atoms with E-state index in [1.807, 2.05) is 43.4 Å². The van der Waals surface area contributed by atoms with Gasteiger partial charge in [0.2, 0.25) is 10.0 Å². The standard InChI is InChI=1S/C10H19IN2O4S/c1-10(2,3)17-9(14)12-4-6-13(7-5-12)18(15,16)8-11/h4-8H2,1-3H3. The highest BCUT2D eigenvalue weighted by molar-refractivity contribution is 14.1. The van der Waals surface area contributed by atoms with E-state index < -0.39 is 15.6 Å². The molecule has 0 bridgehead atoms. The molecule has 1 aliphatic heterocycles. The SMILES string of the molecule is CC(C)(C)OC(=O)N1CCN(S(=O)(=O)CI)CC1. The molecule has 0 aromatic rings. The fourth-order valence-electron chi connectivity index (χ4n) is 1.54. The van der Waals surface area contributed by atoms with E-state index in [-0.39, 0.29) is 9.85 Å². The summed E-state index contributed by atoms with van der Waals surface area (Å²) >= 11 is 1.83.